The molecule has 0 aliphatic carbocycles. The number of methoxy groups -OCH3 is 1. The van der Waals surface area contributed by atoms with E-state index in [1.54, 1.807) is 42.2 Å². The van der Waals surface area contributed by atoms with Gasteiger partial charge in [0.25, 0.3) is 5.91 Å². The highest BCUT2D eigenvalue weighted by Gasteiger charge is 2.32. The normalized spacial score (nSPS) is 20.5. The molecule has 1 aliphatic rings. The third kappa shape index (κ3) is 11.2. The first kappa shape index (κ1) is 39.2. The third-order valence-electron chi connectivity index (χ3n) is 8.55. The van der Waals surface area contributed by atoms with Gasteiger partial charge in [-0.2, -0.15) is 4.31 Å². The van der Waals surface area contributed by atoms with Crippen molar-refractivity contribution in [1.29, 1.82) is 0 Å². The maximum absolute atomic E-state index is 14.3. The molecule has 2 aromatic carbocycles. The van der Waals surface area contributed by atoms with Crippen molar-refractivity contribution in [1.82, 2.24) is 14.1 Å². The Hall–Kier alpha value is -3.23. The molecule has 4 atom stereocenters. The zero-order valence-electron chi connectivity index (χ0n) is 29.5. The number of aliphatic hydroxyl groups is 1. The van der Waals surface area contributed by atoms with E-state index >= 15 is 0 Å². The van der Waals surface area contributed by atoms with E-state index in [1.807, 2.05) is 32.8 Å². The van der Waals surface area contributed by atoms with Gasteiger partial charge in [0.15, 0.2) is 0 Å². The molecule has 0 spiro atoms. The van der Waals surface area contributed by atoms with Gasteiger partial charge >= 0.3 is 0 Å². The van der Waals surface area contributed by atoms with E-state index in [2.05, 4.69) is 5.32 Å². The Morgan fingerprint density at radius 2 is 1.83 bits per heavy atom. The SMILES string of the molecule is COc1ccc(S(=O)(=O)N(C)C[C@H]2OCCCC[C@H](C)Oc3ccc(NC(=O)CCCN(C)C)cc3C(=O)N([C@@H](C)CO)C[C@@H]2C)cc1. The Morgan fingerprint density at radius 1 is 1.12 bits per heavy atom. The summed E-state index contributed by atoms with van der Waals surface area (Å²) in [7, 11) is 3.10. The van der Waals surface area contributed by atoms with Crippen LogP contribution in [0.1, 0.15) is 63.2 Å². The number of ether oxygens (including phenoxy) is 3. The molecule has 1 aliphatic heterocycles. The van der Waals surface area contributed by atoms with Crippen LogP contribution in [-0.4, -0.2) is 119 Å². The van der Waals surface area contributed by atoms with E-state index in [4.69, 9.17) is 14.2 Å². The van der Waals surface area contributed by atoms with Gasteiger partial charge in [-0.25, -0.2) is 8.42 Å². The van der Waals surface area contributed by atoms with Crippen molar-refractivity contribution in [2.75, 3.05) is 66.4 Å². The molecular weight excluding hydrogens is 636 g/mol. The number of aliphatic hydroxyl groups excluding tert-OH is 1. The van der Waals surface area contributed by atoms with E-state index in [1.165, 1.54) is 30.6 Å². The first-order chi connectivity index (χ1) is 22.8. The number of carbonyl (C=O) groups is 2. The lowest BCUT2D eigenvalue weighted by atomic mass is 10.0. The summed E-state index contributed by atoms with van der Waals surface area (Å²) in [5, 5.41) is 13.1. The molecule has 0 radical (unpaired) electrons. The average Bonchev–Trinajstić information content (AvgIpc) is 3.05. The fourth-order valence-corrected chi connectivity index (χ4v) is 6.70. The molecule has 13 heteroatoms. The lowest BCUT2D eigenvalue weighted by Crippen LogP contribution is -2.48. The molecule has 268 valence electrons. The van der Waals surface area contributed by atoms with Gasteiger partial charge in [-0.1, -0.05) is 6.92 Å². The van der Waals surface area contributed by atoms with Gasteiger partial charge in [-0.05, 0) is 103 Å². The van der Waals surface area contributed by atoms with E-state index in [0.717, 1.165) is 19.4 Å². The molecule has 3 rings (SSSR count). The molecule has 12 nitrogen and oxygen atoms in total. The van der Waals surface area contributed by atoms with Gasteiger partial charge < -0.3 is 34.4 Å². The summed E-state index contributed by atoms with van der Waals surface area (Å²) in [6.07, 6.45) is 2.55. The summed E-state index contributed by atoms with van der Waals surface area (Å²) in [5.41, 5.74) is 0.750. The summed E-state index contributed by atoms with van der Waals surface area (Å²) >= 11 is 0. The number of amides is 2. The second kappa shape index (κ2) is 18.5. The summed E-state index contributed by atoms with van der Waals surface area (Å²) in [6, 6.07) is 10.7. The number of carbonyl (C=O) groups excluding carboxylic acids is 2. The highest BCUT2D eigenvalue weighted by molar-refractivity contribution is 7.89. The van der Waals surface area contributed by atoms with Crippen molar-refractivity contribution >= 4 is 27.5 Å². The fraction of sp³-hybridized carbons (Fsp3) is 0.600. The van der Waals surface area contributed by atoms with Crippen LogP contribution in [0.3, 0.4) is 0 Å². The number of hydrogen-bond donors (Lipinski definition) is 2. The Morgan fingerprint density at radius 3 is 2.48 bits per heavy atom. The molecule has 2 aromatic rings. The smallest absolute Gasteiger partial charge is 0.258 e. The highest BCUT2D eigenvalue weighted by Crippen LogP contribution is 2.29. The molecule has 2 N–H and O–H groups in total. The number of rotatable bonds is 12. The van der Waals surface area contributed by atoms with Gasteiger partial charge in [-0.15, -0.1) is 0 Å². The molecule has 0 bridgehead atoms. The number of hydrogen-bond acceptors (Lipinski definition) is 9. The van der Waals surface area contributed by atoms with Gasteiger partial charge in [-0.3, -0.25) is 9.59 Å². The van der Waals surface area contributed by atoms with Crippen molar-refractivity contribution in [3.8, 4) is 11.5 Å². The predicted molar refractivity (Wildman–Crippen MR) is 186 cm³/mol. The standard InChI is InChI=1S/C35H54N4O8S/c1-25-22-39(26(2)24-40)35(42)31-21-28(36-34(41)12-10-19-37(4)5)13-18-32(31)47-27(3)11-8-9-20-46-33(25)23-38(6)48(43,44)30-16-14-29(45-7)15-17-30/h13-18,21,25-27,33,40H,8-12,19-20,22-24H2,1-7H3,(H,36,41)/t25-,26-,27-,33+/m0/s1. The van der Waals surface area contributed by atoms with Crippen LogP contribution < -0.4 is 14.8 Å². The number of nitrogens with zero attached hydrogens (tertiary/aromatic N) is 3. The molecule has 0 aromatic heterocycles. The minimum atomic E-state index is -3.84. The third-order valence-corrected chi connectivity index (χ3v) is 10.4. The maximum Gasteiger partial charge on any atom is 0.258 e. The zero-order valence-corrected chi connectivity index (χ0v) is 30.3. The number of nitrogens with one attached hydrogen (secondary N) is 1. The van der Waals surface area contributed by atoms with Crippen LogP contribution >= 0.6 is 0 Å². The monoisotopic (exact) mass is 690 g/mol. The van der Waals surface area contributed by atoms with E-state index in [-0.39, 0.29) is 54.0 Å². The fourth-order valence-electron chi connectivity index (χ4n) is 5.52. The van der Waals surface area contributed by atoms with Gasteiger partial charge in [0.1, 0.15) is 11.5 Å². The zero-order chi connectivity index (χ0) is 35.4. The molecule has 0 unspecified atom stereocenters. The van der Waals surface area contributed by atoms with E-state index in [9.17, 15) is 23.1 Å². The topological polar surface area (TPSA) is 138 Å². The summed E-state index contributed by atoms with van der Waals surface area (Å²) in [5.74, 6) is 0.114. The molecule has 0 fully saturated rings. The minimum Gasteiger partial charge on any atom is -0.497 e. The largest absolute Gasteiger partial charge is 0.497 e. The van der Waals surface area contributed by atoms with Gasteiger partial charge in [0, 0.05) is 44.8 Å². The van der Waals surface area contributed by atoms with Crippen molar-refractivity contribution < 1.29 is 37.3 Å². The number of likely N-dealkylation sites (N-methyl/N-ethyl adjacent to an activating group) is 1. The number of sulfonamides is 1. The van der Waals surface area contributed by atoms with Gasteiger partial charge in [0.05, 0.1) is 42.4 Å². The average molecular weight is 691 g/mol. The second-order valence-corrected chi connectivity index (χ2v) is 15.0. The predicted octanol–water partition coefficient (Wildman–Crippen LogP) is 4.09. The number of anilines is 1. The van der Waals surface area contributed by atoms with Gasteiger partial charge in [0.2, 0.25) is 15.9 Å². The molecular formula is C35H54N4O8S. The van der Waals surface area contributed by atoms with Crippen LogP contribution in [0, 0.1) is 5.92 Å². The molecule has 0 saturated heterocycles. The van der Waals surface area contributed by atoms with E-state index < -0.39 is 22.2 Å². The van der Waals surface area contributed by atoms with Crippen LogP contribution in [0.5, 0.6) is 11.5 Å². The molecule has 0 saturated carbocycles. The Kier molecular flexibility index (Phi) is 15.1. The van der Waals surface area contributed by atoms with Crippen LogP contribution in [0.15, 0.2) is 47.4 Å². The number of fused-ring (bicyclic) bond motifs is 1. The van der Waals surface area contributed by atoms with Crippen molar-refractivity contribution in [2.24, 2.45) is 5.92 Å². The highest BCUT2D eigenvalue weighted by atomic mass is 32.2. The van der Waals surface area contributed by atoms with Crippen LogP contribution in [0.2, 0.25) is 0 Å². The second-order valence-electron chi connectivity index (χ2n) is 12.9. The lowest BCUT2D eigenvalue weighted by molar-refractivity contribution is -0.116. The summed E-state index contributed by atoms with van der Waals surface area (Å²) in [4.78, 5) is 30.7. The van der Waals surface area contributed by atoms with Crippen molar-refractivity contribution in [2.45, 2.75) is 76.0 Å². The quantitative estimate of drug-likeness (QED) is 0.337. The van der Waals surface area contributed by atoms with E-state index in [0.29, 0.717) is 43.1 Å². The maximum atomic E-state index is 14.3. The number of benzene rings is 2. The minimum absolute atomic E-state index is 0.0607. The summed E-state index contributed by atoms with van der Waals surface area (Å²) < 4.78 is 46.1. The Balaban J connectivity index is 1.92. The molecule has 2 amide bonds. The van der Waals surface area contributed by atoms with Crippen molar-refractivity contribution in [3.63, 3.8) is 0 Å². The van der Waals surface area contributed by atoms with Crippen LogP contribution in [-0.2, 0) is 19.6 Å². The van der Waals surface area contributed by atoms with Crippen LogP contribution in [0.25, 0.3) is 0 Å². The lowest BCUT2D eigenvalue weighted by Gasteiger charge is -2.35. The van der Waals surface area contributed by atoms with Crippen molar-refractivity contribution in [3.05, 3.63) is 48.0 Å². The first-order valence-electron chi connectivity index (χ1n) is 16.7. The summed E-state index contributed by atoms with van der Waals surface area (Å²) in [6.45, 7) is 6.76. The molecule has 48 heavy (non-hydrogen) atoms. The Labute approximate surface area is 286 Å². The van der Waals surface area contributed by atoms with Crippen LogP contribution in [0.4, 0.5) is 5.69 Å². The first-order valence-corrected chi connectivity index (χ1v) is 18.1. The molecule has 1 heterocycles. The Bertz CT molecular complexity index is 1440.